The van der Waals surface area contributed by atoms with Crippen LogP contribution in [0.3, 0.4) is 0 Å². The molecule has 4 aliphatic heterocycles. The minimum atomic E-state index is -3.93. The zero-order valence-electron chi connectivity index (χ0n) is 37.6. The summed E-state index contributed by atoms with van der Waals surface area (Å²) in [6.45, 7) is 0. The van der Waals surface area contributed by atoms with Crippen LogP contribution < -0.4 is 62.6 Å². The molecule has 4 aliphatic rings. The number of hydrogen-bond acceptors (Lipinski definition) is 8. The van der Waals surface area contributed by atoms with Gasteiger partial charge >= 0.3 is 0 Å². The van der Waals surface area contributed by atoms with Crippen LogP contribution in [0.25, 0.3) is 10.8 Å². The summed E-state index contributed by atoms with van der Waals surface area (Å²) in [6.07, 6.45) is 1.03. The SMILES string of the molecule is Nc1c2c(cc3cc4c(c(N)c13)P1(=O)c3c(Cc5ccccc5)cccc3Oc3cccc(c31)N4c1ccccc1)N(c1ccccc1)c1cccc3c1P2(=O)c1c(Cc2ccccc2)cccc1O3. The maximum absolute atomic E-state index is 17.5. The first kappa shape index (κ1) is 40.8. The van der Waals surface area contributed by atoms with E-state index < -0.39 is 14.3 Å². The molecule has 0 aliphatic carbocycles. The summed E-state index contributed by atoms with van der Waals surface area (Å²) in [5.74, 6) is 2.06. The fourth-order valence-corrected chi connectivity index (χ4v) is 18.6. The van der Waals surface area contributed by atoms with E-state index in [0.29, 0.717) is 89.8 Å². The third-order valence-electron chi connectivity index (χ3n) is 14.3. The number of nitrogens with two attached hydrogens (primary N) is 2. The van der Waals surface area contributed by atoms with Gasteiger partial charge in [0.05, 0.1) is 66.0 Å². The number of ether oxygens (including phenoxy) is 2. The molecular formula is C60H42N4O4P2. The number of nitrogens with zero attached hydrogens (tertiary/aromatic N) is 2. The normalized spacial score (nSPS) is 17.5. The molecule has 8 nitrogen and oxygen atoms in total. The van der Waals surface area contributed by atoms with Crippen molar-refractivity contribution in [1.29, 1.82) is 0 Å². The predicted octanol–water partition coefficient (Wildman–Crippen LogP) is 12.2. The minimum absolute atomic E-state index is 0.267. The zero-order chi connectivity index (χ0) is 46.9. The van der Waals surface area contributed by atoms with Crippen LogP contribution >= 0.6 is 14.3 Å². The Morgan fingerprint density at radius 1 is 0.371 bits per heavy atom. The molecule has 336 valence electrons. The average molecular weight is 945 g/mol. The summed E-state index contributed by atoms with van der Waals surface area (Å²) in [7, 11) is -7.87. The van der Waals surface area contributed by atoms with Crippen LogP contribution in [0.1, 0.15) is 22.3 Å². The fourth-order valence-electron chi connectivity index (χ4n) is 11.6. The van der Waals surface area contributed by atoms with E-state index in [1.807, 2.05) is 170 Å². The Hall–Kier alpha value is -8.28. The molecule has 70 heavy (non-hydrogen) atoms. The van der Waals surface area contributed by atoms with E-state index in [9.17, 15) is 0 Å². The van der Waals surface area contributed by atoms with Gasteiger partial charge in [-0.25, -0.2) is 0 Å². The topological polar surface area (TPSA) is 111 Å². The van der Waals surface area contributed by atoms with E-state index in [1.54, 1.807) is 0 Å². The second-order valence-electron chi connectivity index (χ2n) is 18.3. The maximum atomic E-state index is 17.5. The van der Waals surface area contributed by atoms with Gasteiger partial charge < -0.3 is 39.9 Å². The number of hydrogen-bond donors (Lipinski definition) is 2. The van der Waals surface area contributed by atoms with Gasteiger partial charge in [-0.05, 0) is 113 Å². The number of nitrogen functional groups attached to an aromatic ring is 2. The van der Waals surface area contributed by atoms with Gasteiger partial charge in [-0.3, -0.25) is 0 Å². The standard InChI is InChI=1S/C60H42N4O4P2/c61-53-52-41(35-46-59(53)69(65)55-39(33-37-17-5-1-6-18-37)21-13-29-48(55)67-50-31-15-27-44(57(50)69)63(46)42-23-9-3-10-24-42)36-47-60(54(52)62)70(66)56-40(34-38-19-7-2-8-20-38)22-14-30-49(56)68-51-32-16-28-45(58(51)70)64(47)43-25-11-4-12-26-43/h1-32,35-36H,33-34,61-62H2. The van der Waals surface area contributed by atoms with Crippen LogP contribution in [-0.2, 0) is 22.0 Å². The van der Waals surface area contributed by atoms with Crippen LogP contribution in [0.4, 0.5) is 45.5 Å². The van der Waals surface area contributed by atoms with Crippen molar-refractivity contribution in [2.75, 3.05) is 21.3 Å². The summed E-state index contributed by atoms with van der Waals surface area (Å²) >= 11 is 0. The molecule has 2 atom stereocenters. The Morgan fingerprint density at radius 3 is 1.13 bits per heavy atom. The van der Waals surface area contributed by atoms with Crippen LogP contribution in [0.15, 0.2) is 206 Å². The number of fused-ring (bicyclic) bond motifs is 9. The Balaban J connectivity index is 1.12. The van der Waals surface area contributed by atoms with Gasteiger partial charge in [0.15, 0.2) is 14.3 Å². The molecule has 14 rings (SSSR count). The maximum Gasteiger partial charge on any atom is 0.184 e. The molecule has 10 aromatic rings. The zero-order valence-corrected chi connectivity index (χ0v) is 39.4. The summed E-state index contributed by atoms with van der Waals surface area (Å²) < 4.78 is 48.6. The van der Waals surface area contributed by atoms with Crippen molar-refractivity contribution in [2.24, 2.45) is 0 Å². The Kier molecular flexibility index (Phi) is 8.80. The molecule has 4 heterocycles. The van der Waals surface area contributed by atoms with E-state index >= 15 is 9.13 Å². The van der Waals surface area contributed by atoms with Gasteiger partial charge in [-0.2, -0.15) is 0 Å². The van der Waals surface area contributed by atoms with E-state index in [-0.39, 0.29) is 11.4 Å². The number of benzene rings is 10. The highest BCUT2D eigenvalue weighted by Crippen LogP contribution is 2.65. The molecule has 2 unspecified atom stereocenters. The molecule has 0 fully saturated rings. The van der Waals surface area contributed by atoms with Crippen molar-refractivity contribution in [2.45, 2.75) is 12.8 Å². The van der Waals surface area contributed by atoms with Gasteiger partial charge in [0.1, 0.15) is 23.0 Å². The minimum Gasteiger partial charge on any atom is -0.456 e. The molecule has 0 radical (unpaired) electrons. The lowest BCUT2D eigenvalue weighted by Crippen LogP contribution is -2.42. The van der Waals surface area contributed by atoms with Crippen molar-refractivity contribution in [3.8, 4) is 23.0 Å². The van der Waals surface area contributed by atoms with Crippen molar-refractivity contribution >= 4 is 102 Å². The highest BCUT2D eigenvalue weighted by Gasteiger charge is 2.53. The lowest BCUT2D eigenvalue weighted by molar-refractivity contribution is 0.484. The van der Waals surface area contributed by atoms with Gasteiger partial charge in [0, 0.05) is 16.8 Å². The molecule has 0 amide bonds. The molecule has 0 saturated heterocycles. The first-order valence-electron chi connectivity index (χ1n) is 23.4. The number of anilines is 8. The van der Waals surface area contributed by atoms with Crippen LogP contribution in [-0.4, -0.2) is 0 Å². The van der Waals surface area contributed by atoms with Crippen LogP contribution in [0.5, 0.6) is 23.0 Å². The van der Waals surface area contributed by atoms with E-state index in [1.165, 1.54) is 0 Å². The lowest BCUT2D eigenvalue weighted by Gasteiger charge is -2.43. The second-order valence-corrected chi connectivity index (χ2v) is 23.4. The molecule has 0 spiro atoms. The Morgan fingerprint density at radius 2 is 0.729 bits per heavy atom. The van der Waals surface area contributed by atoms with Crippen LogP contribution in [0, 0.1) is 0 Å². The fraction of sp³-hybridized carbons (Fsp3) is 0.0333. The van der Waals surface area contributed by atoms with E-state index in [2.05, 4.69) is 46.2 Å². The first-order valence-corrected chi connectivity index (χ1v) is 26.8. The molecular weight excluding hydrogens is 903 g/mol. The van der Waals surface area contributed by atoms with E-state index in [0.717, 1.165) is 45.0 Å². The third kappa shape index (κ3) is 5.60. The molecule has 4 N–H and O–H groups in total. The monoisotopic (exact) mass is 944 g/mol. The smallest absolute Gasteiger partial charge is 0.184 e. The van der Waals surface area contributed by atoms with Crippen molar-refractivity contribution in [1.82, 2.24) is 0 Å². The largest absolute Gasteiger partial charge is 0.456 e. The highest BCUT2D eigenvalue weighted by molar-refractivity contribution is 7.87. The highest BCUT2D eigenvalue weighted by atomic mass is 31.2. The van der Waals surface area contributed by atoms with E-state index in [4.69, 9.17) is 20.9 Å². The average Bonchev–Trinajstić information content (AvgIpc) is 3.38. The number of rotatable bonds is 6. The molecule has 10 heteroatoms. The summed E-state index contributed by atoms with van der Waals surface area (Å²) in [4.78, 5) is 4.29. The second kappa shape index (κ2) is 15.1. The summed E-state index contributed by atoms with van der Waals surface area (Å²) in [5.41, 5.74) is 24.7. The molecule has 0 bridgehead atoms. The summed E-state index contributed by atoms with van der Waals surface area (Å²) in [5, 5.41) is 4.51. The van der Waals surface area contributed by atoms with Crippen LogP contribution in [0.2, 0.25) is 0 Å². The Labute approximate surface area is 404 Å². The van der Waals surface area contributed by atoms with Gasteiger partial charge in [-0.15, -0.1) is 0 Å². The molecule has 10 aromatic carbocycles. The molecule has 0 saturated carbocycles. The summed E-state index contributed by atoms with van der Waals surface area (Å²) in [6, 6.07) is 68.3. The first-order chi connectivity index (χ1) is 34.3. The van der Waals surface area contributed by atoms with Gasteiger partial charge in [0.25, 0.3) is 0 Å². The Bertz CT molecular complexity index is 3650. The quantitative estimate of drug-likeness (QED) is 0.125. The van der Waals surface area contributed by atoms with Crippen molar-refractivity contribution < 1.29 is 18.6 Å². The van der Waals surface area contributed by atoms with Crippen molar-refractivity contribution in [3.63, 3.8) is 0 Å². The third-order valence-corrected chi connectivity index (χ3v) is 21.0. The number of para-hydroxylation sites is 2. The predicted molar refractivity (Wildman–Crippen MR) is 287 cm³/mol. The van der Waals surface area contributed by atoms with Gasteiger partial charge in [-0.1, -0.05) is 133 Å². The van der Waals surface area contributed by atoms with Crippen molar-refractivity contribution in [3.05, 3.63) is 229 Å². The van der Waals surface area contributed by atoms with Gasteiger partial charge in [0.2, 0.25) is 0 Å². The molecule has 0 aromatic heterocycles. The lowest BCUT2D eigenvalue weighted by atomic mass is 10.0.